The van der Waals surface area contributed by atoms with Crippen LogP contribution in [0.5, 0.6) is 5.75 Å². The molecule has 8 heteroatoms. The largest absolute Gasteiger partial charge is 0.497 e. The topological polar surface area (TPSA) is 87.3 Å². The van der Waals surface area contributed by atoms with Crippen LogP contribution in [-0.4, -0.2) is 21.6 Å². The van der Waals surface area contributed by atoms with E-state index in [2.05, 4.69) is 0 Å². The number of hydrogen-bond acceptors (Lipinski definition) is 6. The fraction of sp³-hybridized carbons (Fsp3) is 0.0909. The van der Waals surface area contributed by atoms with Crippen molar-refractivity contribution >= 4 is 28.4 Å². The summed E-state index contributed by atoms with van der Waals surface area (Å²) < 4.78 is 6.88. The minimum Gasteiger partial charge on any atom is -0.497 e. The van der Waals surface area contributed by atoms with Gasteiger partial charge in [-0.15, -0.1) is 0 Å². The van der Waals surface area contributed by atoms with Gasteiger partial charge in [0.05, 0.1) is 28.6 Å². The van der Waals surface area contributed by atoms with Crippen molar-refractivity contribution in [3.8, 4) is 11.4 Å². The van der Waals surface area contributed by atoms with Crippen LogP contribution in [0.1, 0.15) is 5.56 Å². The average Bonchev–Trinajstić information content (AvgIpc) is 2.78. The van der Waals surface area contributed by atoms with E-state index in [1.807, 2.05) is 36.4 Å². The van der Waals surface area contributed by atoms with E-state index in [0.717, 1.165) is 5.56 Å². The zero-order valence-electron chi connectivity index (χ0n) is 16.0. The normalized spacial score (nSPS) is 10.8. The van der Waals surface area contributed by atoms with Gasteiger partial charge in [0.1, 0.15) is 5.75 Å². The number of fused-ring (bicyclic) bond motifs is 1. The van der Waals surface area contributed by atoms with Gasteiger partial charge in [-0.25, -0.2) is 4.98 Å². The zero-order valence-corrected chi connectivity index (χ0v) is 16.8. The van der Waals surface area contributed by atoms with E-state index in [9.17, 15) is 14.9 Å². The van der Waals surface area contributed by atoms with Gasteiger partial charge in [0.25, 0.3) is 11.2 Å². The molecule has 0 spiro atoms. The Balaban J connectivity index is 1.77. The third-order valence-electron chi connectivity index (χ3n) is 4.57. The molecule has 4 rings (SSSR count). The van der Waals surface area contributed by atoms with E-state index >= 15 is 0 Å². The first-order valence-corrected chi connectivity index (χ1v) is 10.1. The molecule has 0 aliphatic heterocycles. The van der Waals surface area contributed by atoms with Crippen molar-refractivity contribution in [3.63, 3.8) is 0 Å². The molecule has 3 aromatic carbocycles. The molecule has 1 heterocycles. The molecule has 0 amide bonds. The van der Waals surface area contributed by atoms with E-state index in [1.54, 1.807) is 35.9 Å². The van der Waals surface area contributed by atoms with Gasteiger partial charge in [-0.2, -0.15) is 0 Å². The van der Waals surface area contributed by atoms with Crippen molar-refractivity contribution in [2.24, 2.45) is 0 Å². The van der Waals surface area contributed by atoms with Crippen LogP contribution < -0.4 is 10.3 Å². The SMILES string of the molecule is COc1cccc(-n2c(SCc3ccc([N+](=O)[O-])cc3)nc3ccccc3c2=O)c1. The Kier molecular flexibility index (Phi) is 5.49. The second-order valence-corrected chi connectivity index (χ2v) is 7.41. The highest BCUT2D eigenvalue weighted by Gasteiger charge is 2.14. The summed E-state index contributed by atoms with van der Waals surface area (Å²) in [5.41, 5.74) is 2.04. The maximum absolute atomic E-state index is 13.3. The predicted octanol–water partition coefficient (Wildman–Crippen LogP) is 4.59. The van der Waals surface area contributed by atoms with E-state index < -0.39 is 4.92 Å². The lowest BCUT2D eigenvalue weighted by Crippen LogP contribution is -2.21. The number of aromatic nitrogens is 2. The second-order valence-electron chi connectivity index (χ2n) is 6.47. The molecule has 0 unspecified atom stereocenters. The maximum atomic E-state index is 13.3. The maximum Gasteiger partial charge on any atom is 0.269 e. The summed E-state index contributed by atoms with van der Waals surface area (Å²) in [4.78, 5) is 28.4. The molecule has 0 saturated heterocycles. The zero-order chi connectivity index (χ0) is 21.1. The Morgan fingerprint density at radius 2 is 1.83 bits per heavy atom. The molecule has 7 nitrogen and oxygen atoms in total. The smallest absolute Gasteiger partial charge is 0.269 e. The molecule has 0 aliphatic rings. The molecule has 0 N–H and O–H groups in total. The van der Waals surface area contributed by atoms with Crippen molar-refractivity contribution in [2.45, 2.75) is 10.9 Å². The van der Waals surface area contributed by atoms with Crippen LogP contribution in [-0.2, 0) is 5.75 Å². The summed E-state index contributed by atoms with van der Waals surface area (Å²) in [7, 11) is 1.57. The Hall–Kier alpha value is -3.65. The highest BCUT2D eigenvalue weighted by atomic mass is 32.2. The summed E-state index contributed by atoms with van der Waals surface area (Å²) in [5.74, 6) is 1.14. The van der Waals surface area contributed by atoms with Gasteiger partial charge in [0.15, 0.2) is 5.16 Å². The van der Waals surface area contributed by atoms with Gasteiger partial charge in [-0.05, 0) is 29.8 Å². The molecule has 150 valence electrons. The molecule has 0 fully saturated rings. The molecule has 0 saturated carbocycles. The van der Waals surface area contributed by atoms with E-state index in [1.165, 1.54) is 23.9 Å². The summed E-state index contributed by atoms with van der Waals surface area (Å²) in [5, 5.41) is 11.9. The summed E-state index contributed by atoms with van der Waals surface area (Å²) in [6.07, 6.45) is 0. The second kappa shape index (κ2) is 8.38. The Labute approximate surface area is 176 Å². The fourth-order valence-electron chi connectivity index (χ4n) is 3.05. The quantitative estimate of drug-likeness (QED) is 0.197. The first-order valence-electron chi connectivity index (χ1n) is 9.09. The summed E-state index contributed by atoms with van der Waals surface area (Å²) >= 11 is 1.39. The van der Waals surface area contributed by atoms with Gasteiger partial charge in [0, 0.05) is 24.0 Å². The van der Waals surface area contributed by atoms with Crippen LogP contribution in [0, 0.1) is 10.1 Å². The summed E-state index contributed by atoms with van der Waals surface area (Å²) in [6, 6.07) is 20.8. The van der Waals surface area contributed by atoms with Gasteiger partial charge in [-0.3, -0.25) is 19.5 Å². The Morgan fingerprint density at radius 3 is 2.57 bits per heavy atom. The fourth-order valence-corrected chi connectivity index (χ4v) is 4.02. The van der Waals surface area contributed by atoms with Crippen LogP contribution in [0.2, 0.25) is 0 Å². The van der Waals surface area contributed by atoms with Crippen LogP contribution in [0.15, 0.2) is 82.7 Å². The van der Waals surface area contributed by atoms with Gasteiger partial charge in [0.2, 0.25) is 0 Å². The molecule has 30 heavy (non-hydrogen) atoms. The van der Waals surface area contributed by atoms with Gasteiger partial charge in [-0.1, -0.05) is 42.1 Å². The van der Waals surface area contributed by atoms with Gasteiger partial charge >= 0.3 is 0 Å². The summed E-state index contributed by atoms with van der Waals surface area (Å²) in [6.45, 7) is 0. The van der Waals surface area contributed by atoms with E-state index in [-0.39, 0.29) is 11.2 Å². The lowest BCUT2D eigenvalue weighted by Gasteiger charge is -2.14. The highest BCUT2D eigenvalue weighted by molar-refractivity contribution is 7.98. The number of nitro groups is 1. The Bertz CT molecular complexity index is 1290. The van der Waals surface area contributed by atoms with Crippen LogP contribution in [0.4, 0.5) is 5.69 Å². The first kappa shape index (κ1) is 19.7. The minimum absolute atomic E-state index is 0.0425. The monoisotopic (exact) mass is 419 g/mol. The van der Waals surface area contributed by atoms with Crippen LogP contribution in [0.25, 0.3) is 16.6 Å². The number of thioether (sulfide) groups is 1. The number of methoxy groups -OCH3 is 1. The van der Waals surface area contributed by atoms with E-state index in [4.69, 9.17) is 9.72 Å². The van der Waals surface area contributed by atoms with E-state index in [0.29, 0.717) is 33.2 Å². The molecular formula is C22H17N3O4S. The van der Waals surface area contributed by atoms with Crippen LogP contribution in [0.3, 0.4) is 0 Å². The molecule has 4 aromatic rings. The average molecular weight is 419 g/mol. The van der Waals surface area contributed by atoms with Crippen molar-refractivity contribution in [3.05, 3.63) is 98.8 Å². The van der Waals surface area contributed by atoms with Crippen molar-refractivity contribution in [1.29, 1.82) is 0 Å². The first-order chi connectivity index (χ1) is 14.6. The lowest BCUT2D eigenvalue weighted by atomic mass is 10.2. The highest BCUT2D eigenvalue weighted by Crippen LogP contribution is 2.26. The number of non-ortho nitro benzene ring substituents is 1. The van der Waals surface area contributed by atoms with Gasteiger partial charge < -0.3 is 4.74 Å². The number of nitrogens with zero attached hydrogens (tertiary/aromatic N) is 3. The number of para-hydroxylation sites is 1. The third-order valence-corrected chi connectivity index (χ3v) is 5.58. The predicted molar refractivity (Wildman–Crippen MR) is 117 cm³/mol. The number of benzene rings is 3. The lowest BCUT2D eigenvalue weighted by molar-refractivity contribution is -0.384. The van der Waals surface area contributed by atoms with Crippen LogP contribution >= 0.6 is 11.8 Å². The molecule has 1 aromatic heterocycles. The number of nitro benzene ring substituents is 1. The number of hydrogen-bond donors (Lipinski definition) is 0. The standard InChI is InChI=1S/C22H17N3O4S/c1-29-18-6-4-5-17(13-18)24-21(26)19-7-2-3-8-20(19)23-22(24)30-14-15-9-11-16(12-10-15)25(27)28/h2-13H,14H2,1H3. The Morgan fingerprint density at radius 1 is 1.07 bits per heavy atom. The number of ether oxygens (including phenoxy) is 1. The molecular weight excluding hydrogens is 402 g/mol. The van der Waals surface area contributed by atoms with Crippen molar-refractivity contribution in [1.82, 2.24) is 9.55 Å². The molecule has 0 bridgehead atoms. The number of rotatable bonds is 6. The van der Waals surface area contributed by atoms with Crippen molar-refractivity contribution < 1.29 is 9.66 Å². The molecule has 0 radical (unpaired) electrons. The molecule has 0 atom stereocenters. The molecule has 0 aliphatic carbocycles. The minimum atomic E-state index is -0.428. The third kappa shape index (κ3) is 3.90. The van der Waals surface area contributed by atoms with Crippen molar-refractivity contribution in [2.75, 3.05) is 7.11 Å².